The van der Waals surface area contributed by atoms with Gasteiger partial charge in [-0.05, 0) is 48.6 Å². The highest BCUT2D eigenvalue weighted by Gasteiger charge is 2.09. The van der Waals surface area contributed by atoms with Crippen LogP contribution in [0.2, 0.25) is 0 Å². The van der Waals surface area contributed by atoms with Crippen LogP contribution >= 0.6 is 0 Å². The summed E-state index contributed by atoms with van der Waals surface area (Å²) in [5.74, 6) is 1.95. The minimum atomic E-state index is 0.921. The Kier molecular flexibility index (Phi) is 7.72. The summed E-state index contributed by atoms with van der Waals surface area (Å²) in [6, 6.07) is 16.6. The fourth-order valence-electron chi connectivity index (χ4n) is 3.02. The van der Waals surface area contributed by atoms with Crippen molar-refractivity contribution >= 4 is 0 Å². The first-order chi connectivity index (χ1) is 11.3. The molecular weight excluding hydrogens is 280 g/mol. The summed E-state index contributed by atoms with van der Waals surface area (Å²) >= 11 is 0. The standard InChI is InChI=1S/C22H30O/c1-3-5-6-7-8-12-17-21-19(4-2)14-13-18-22(21)23-20-15-10-9-11-16-20/h9-11,13-16,18H,3-8,12,17H2,1-2H3. The van der Waals surface area contributed by atoms with Gasteiger partial charge in [0.2, 0.25) is 0 Å². The molecule has 0 fully saturated rings. The van der Waals surface area contributed by atoms with E-state index in [1.54, 1.807) is 0 Å². The molecule has 1 nitrogen and oxygen atoms in total. The summed E-state index contributed by atoms with van der Waals surface area (Å²) in [6.07, 6.45) is 10.2. The first-order valence-electron chi connectivity index (χ1n) is 9.18. The number of aryl methyl sites for hydroxylation is 1. The van der Waals surface area contributed by atoms with E-state index in [0.29, 0.717) is 0 Å². The average molecular weight is 310 g/mol. The molecule has 2 rings (SSSR count). The fourth-order valence-corrected chi connectivity index (χ4v) is 3.02. The van der Waals surface area contributed by atoms with E-state index in [1.165, 1.54) is 49.7 Å². The molecular formula is C22H30O. The van der Waals surface area contributed by atoms with Crippen molar-refractivity contribution in [3.05, 3.63) is 59.7 Å². The van der Waals surface area contributed by atoms with Crippen molar-refractivity contribution < 1.29 is 4.74 Å². The van der Waals surface area contributed by atoms with Gasteiger partial charge in [0.15, 0.2) is 0 Å². The molecule has 0 saturated carbocycles. The topological polar surface area (TPSA) is 9.23 Å². The van der Waals surface area contributed by atoms with Crippen LogP contribution in [0.4, 0.5) is 0 Å². The predicted octanol–water partition coefficient (Wildman–Crippen LogP) is 6.94. The lowest BCUT2D eigenvalue weighted by atomic mass is 9.98. The number of ether oxygens (including phenoxy) is 1. The average Bonchev–Trinajstić information content (AvgIpc) is 2.59. The first-order valence-corrected chi connectivity index (χ1v) is 9.18. The second-order valence-corrected chi connectivity index (χ2v) is 6.18. The summed E-state index contributed by atoms with van der Waals surface area (Å²) in [5.41, 5.74) is 2.82. The Morgan fingerprint density at radius 2 is 1.48 bits per heavy atom. The third kappa shape index (κ3) is 5.74. The van der Waals surface area contributed by atoms with Crippen molar-refractivity contribution in [3.63, 3.8) is 0 Å². The molecule has 0 aromatic heterocycles. The van der Waals surface area contributed by atoms with E-state index in [2.05, 4.69) is 32.0 Å². The molecule has 23 heavy (non-hydrogen) atoms. The predicted molar refractivity (Wildman–Crippen MR) is 99.4 cm³/mol. The zero-order valence-corrected chi connectivity index (χ0v) is 14.7. The molecule has 0 spiro atoms. The lowest BCUT2D eigenvalue weighted by molar-refractivity contribution is 0.473. The number of unbranched alkanes of at least 4 members (excludes halogenated alkanes) is 5. The number of rotatable bonds is 10. The van der Waals surface area contributed by atoms with Gasteiger partial charge in [-0.1, -0.05) is 76.3 Å². The summed E-state index contributed by atoms with van der Waals surface area (Å²) in [7, 11) is 0. The van der Waals surface area contributed by atoms with Gasteiger partial charge in [0.25, 0.3) is 0 Å². The molecule has 0 aliphatic rings. The first kappa shape index (κ1) is 17.6. The second kappa shape index (κ2) is 10.1. The van der Waals surface area contributed by atoms with Gasteiger partial charge in [0.05, 0.1) is 0 Å². The Morgan fingerprint density at radius 1 is 0.739 bits per heavy atom. The zero-order chi connectivity index (χ0) is 16.3. The lowest BCUT2D eigenvalue weighted by Crippen LogP contribution is -1.98. The molecule has 0 bridgehead atoms. The van der Waals surface area contributed by atoms with Gasteiger partial charge in [-0.3, -0.25) is 0 Å². The van der Waals surface area contributed by atoms with Gasteiger partial charge < -0.3 is 4.74 Å². The summed E-state index contributed by atoms with van der Waals surface area (Å²) in [4.78, 5) is 0. The smallest absolute Gasteiger partial charge is 0.130 e. The van der Waals surface area contributed by atoms with E-state index in [4.69, 9.17) is 4.74 Å². The molecule has 0 saturated heterocycles. The van der Waals surface area contributed by atoms with Gasteiger partial charge in [-0.25, -0.2) is 0 Å². The molecule has 0 amide bonds. The second-order valence-electron chi connectivity index (χ2n) is 6.18. The molecule has 1 heteroatoms. The minimum Gasteiger partial charge on any atom is -0.457 e. The van der Waals surface area contributed by atoms with Crippen LogP contribution in [-0.4, -0.2) is 0 Å². The molecule has 0 heterocycles. The van der Waals surface area contributed by atoms with Gasteiger partial charge in [-0.2, -0.15) is 0 Å². The monoisotopic (exact) mass is 310 g/mol. The van der Waals surface area contributed by atoms with Gasteiger partial charge in [0, 0.05) is 0 Å². The Bertz CT molecular complexity index is 559. The number of para-hydroxylation sites is 1. The lowest BCUT2D eigenvalue weighted by Gasteiger charge is -2.15. The van der Waals surface area contributed by atoms with Crippen LogP contribution in [0.3, 0.4) is 0 Å². The molecule has 2 aromatic carbocycles. The van der Waals surface area contributed by atoms with Gasteiger partial charge >= 0.3 is 0 Å². The van der Waals surface area contributed by atoms with Gasteiger partial charge in [0.1, 0.15) is 11.5 Å². The Balaban J connectivity index is 2.01. The van der Waals surface area contributed by atoms with Crippen LogP contribution < -0.4 is 4.74 Å². The van der Waals surface area contributed by atoms with Crippen LogP contribution in [0.15, 0.2) is 48.5 Å². The molecule has 0 aliphatic carbocycles. The third-order valence-electron chi connectivity index (χ3n) is 4.36. The highest BCUT2D eigenvalue weighted by molar-refractivity contribution is 5.43. The molecule has 2 aromatic rings. The molecule has 0 aliphatic heterocycles. The molecule has 0 N–H and O–H groups in total. The fraction of sp³-hybridized carbons (Fsp3) is 0.455. The van der Waals surface area contributed by atoms with E-state index >= 15 is 0 Å². The number of hydrogen-bond acceptors (Lipinski definition) is 1. The van der Waals surface area contributed by atoms with E-state index in [1.807, 2.05) is 30.3 Å². The highest BCUT2D eigenvalue weighted by atomic mass is 16.5. The van der Waals surface area contributed by atoms with Crippen LogP contribution in [-0.2, 0) is 12.8 Å². The van der Waals surface area contributed by atoms with Crippen molar-refractivity contribution in [1.29, 1.82) is 0 Å². The van der Waals surface area contributed by atoms with Crippen LogP contribution in [0.5, 0.6) is 11.5 Å². The Hall–Kier alpha value is -1.76. The highest BCUT2D eigenvalue weighted by Crippen LogP contribution is 2.29. The summed E-state index contributed by atoms with van der Waals surface area (Å²) in [5, 5.41) is 0. The maximum atomic E-state index is 6.15. The quantitative estimate of drug-likeness (QED) is 0.432. The summed E-state index contributed by atoms with van der Waals surface area (Å²) in [6.45, 7) is 4.50. The molecule has 0 radical (unpaired) electrons. The van der Waals surface area contributed by atoms with E-state index in [0.717, 1.165) is 24.3 Å². The van der Waals surface area contributed by atoms with Crippen LogP contribution in [0.25, 0.3) is 0 Å². The van der Waals surface area contributed by atoms with E-state index < -0.39 is 0 Å². The maximum Gasteiger partial charge on any atom is 0.130 e. The number of hydrogen-bond donors (Lipinski definition) is 0. The van der Waals surface area contributed by atoms with Gasteiger partial charge in [-0.15, -0.1) is 0 Å². The van der Waals surface area contributed by atoms with E-state index in [9.17, 15) is 0 Å². The van der Waals surface area contributed by atoms with Crippen LogP contribution in [0, 0.1) is 0 Å². The molecule has 0 unspecified atom stereocenters. The minimum absolute atomic E-state index is 0.921. The largest absolute Gasteiger partial charge is 0.457 e. The van der Waals surface area contributed by atoms with Crippen molar-refractivity contribution in [3.8, 4) is 11.5 Å². The molecule has 0 atom stereocenters. The van der Waals surface area contributed by atoms with Crippen molar-refractivity contribution in [2.24, 2.45) is 0 Å². The maximum absolute atomic E-state index is 6.15. The molecule has 124 valence electrons. The van der Waals surface area contributed by atoms with Crippen molar-refractivity contribution in [1.82, 2.24) is 0 Å². The third-order valence-corrected chi connectivity index (χ3v) is 4.36. The normalized spacial score (nSPS) is 10.7. The van der Waals surface area contributed by atoms with E-state index in [-0.39, 0.29) is 0 Å². The number of benzene rings is 2. The van der Waals surface area contributed by atoms with Crippen molar-refractivity contribution in [2.45, 2.75) is 65.2 Å². The zero-order valence-electron chi connectivity index (χ0n) is 14.7. The van der Waals surface area contributed by atoms with Crippen LogP contribution in [0.1, 0.15) is 63.5 Å². The Labute approximate surface area is 141 Å². The SMILES string of the molecule is CCCCCCCCc1c(CC)cccc1Oc1ccccc1. The van der Waals surface area contributed by atoms with Crippen molar-refractivity contribution in [2.75, 3.05) is 0 Å². The Morgan fingerprint density at radius 3 is 2.22 bits per heavy atom. The summed E-state index contributed by atoms with van der Waals surface area (Å²) < 4.78 is 6.15.